The van der Waals surface area contributed by atoms with Crippen LogP contribution in [0.25, 0.3) is 0 Å². The maximum absolute atomic E-state index is 5.62. The van der Waals surface area contributed by atoms with Crippen molar-refractivity contribution < 1.29 is 9.64 Å². The average molecular weight is 351 g/mol. The molecule has 1 aromatic heterocycles. The van der Waals surface area contributed by atoms with E-state index in [4.69, 9.17) is 17.0 Å². The number of nitrogens with zero attached hydrogens (tertiary/aromatic N) is 1. The number of thiophene rings is 1. The van der Waals surface area contributed by atoms with Crippen LogP contribution in [0, 0.1) is 0 Å². The summed E-state index contributed by atoms with van der Waals surface area (Å²) in [6.07, 6.45) is 0. The smallest absolute Gasteiger partial charge is 0.173 e. The molecular formula is C17H24N3OS2+. The minimum absolute atomic E-state index is 0.754. The van der Waals surface area contributed by atoms with E-state index in [0.717, 1.165) is 36.2 Å². The molecule has 0 spiro atoms. The van der Waals surface area contributed by atoms with Crippen LogP contribution in [-0.2, 0) is 6.54 Å². The van der Waals surface area contributed by atoms with Crippen LogP contribution in [0.2, 0.25) is 0 Å². The molecule has 0 bridgehead atoms. The quantitative estimate of drug-likeness (QED) is 0.749. The molecule has 6 heteroatoms. The van der Waals surface area contributed by atoms with Crippen molar-refractivity contribution in [2.24, 2.45) is 0 Å². The number of hydrogen-bond acceptors (Lipinski definition) is 3. The molecule has 0 atom stereocenters. The number of thiocarbonyl (C=S) groups is 1. The normalized spacial score (nSPS) is 10.6. The van der Waals surface area contributed by atoms with Crippen molar-refractivity contribution in [3.8, 4) is 5.75 Å². The molecule has 0 fully saturated rings. The number of ether oxygens (including phenoxy) is 1. The van der Waals surface area contributed by atoms with Crippen LogP contribution in [-0.4, -0.2) is 44.3 Å². The Hall–Kier alpha value is -1.63. The van der Waals surface area contributed by atoms with Crippen molar-refractivity contribution >= 4 is 34.4 Å². The number of benzene rings is 1. The molecule has 0 aliphatic carbocycles. The Kier molecular flexibility index (Phi) is 6.83. The maximum atomic E-state index is 5.62. The van der Waals surface area contributed by atoms with E-state index in [-0.39, 0.29) is 0 Å². The SMILES string of the molecule is COc1ccc(NC(=S)N(CC[NH+](C)C)Cc2cccs2)cc1. The van der Waals surface area contributed by atoms with Crippen LogP contribution in [0.4, 0.5) is 5.69 Å². The zero-order chi connectivity index (χ0) is 16.7. The molecule has 124 valence electrons. The summed E-state index contributed by atoms with van der Waals surface area (Å²) >= 11 is 7.38. The Labute approximate surface area is 147 Å². The van der Waals surface area contributed by atoms with Crippen LogP contribution in [0.15, 0.2) is 41.8 Å². The first-order valence-electron chi connectivity index (χ1n) is 7.60. The molecule has 1 heterocycles. The second-order valence-electron chi connectivity index (χ2n) is 5.62. The van der Waals surface area contributed by atoms with Gasteiger partial charge >= 0.3 is 0 Å². The summed E-state index contributed by atoms with van der Waals surface area (Å²) in [7, 11) is 5.98. The summed E-state index contributed by atoms with van der Waals surface area (Å²) in [6.45, 7) is 2.80. The van der Waals surface area contributed by atoms with Gasteiger partial charge in [-0.3, -0.25) is 0 Å². The van der Waals surface area contributed by atoms with E-state index in [9.17, 15) is 0 Å². The van der Waals surface area contributed by atoms with Crippen molar-refractivity contribution in [3.63, 3.8) is 0 Å². The Morgan fingerprint density at radius 1 is 1.26 bits per heavy atom. The highest BCUT2D eigenvalue weighted by atomic mass is 32.1. The molecule has 0 amide bonds. The third-order valence-corrected chi connectivity index (χ3v) is 4.66. The van der Waals surface area contributed by atoms with Gasteiger partial charge in [0.2, 0.25) is 0 Å². The van der Waals surface area contributed by atoms with Crippen LogP contribution < -0.4 is 15.0 Å². The van der Waals surface area contributed by atoms with Gasteiger partial charge in [0.25, 0.3) is 0 Å². The Bertz CT molecular complexity index is 597. The monoisotopic (exact) mass is 350 g/mol. The lowest BCUT2D eigenvalue weighted by Crippen LogP contribution is -3.06. The lowest BCUT2D eigenvalue weighted by Gasteiger charge is -2.26. The maximum Gasteiger partial charge on any atom is 0.173 e. The zero-order valence-corrected chi connectivity index (χ0v) is 15.5. The topological polar surface area (TPSA) is 28.9 Å². The van der Waals surface area contributed by atoms with Gasteiger partial charge in [-0.25, -0.2) is 0 Å². The number of quaternary nitrogens is 1. The van der Waals surface area contributed by atoms with Crippen molar-refractivity contribution in [2.75, 3.05) is 39.6 Å². The molecule has 1 aromatic carbocycles. The van der Waals surface area contributed by atoms with Gasteiger partial charge in [-0.1, -0.05) is 6.07 Å². The molecule has 0 aliphatic heterocycles. The minimum Gasteiger partial charge on any atom is -0.497 e. The molecule has 4 nitrogen and oxygen atoms in total. The summed E-state index contributed by atoms with van der Waals surface area (Å²) < 4.78 is 5.18. The Balaban J connectivity index is 2.01. The van der Waals surface area contributed by atoms with Gasteiger partial charge < -0.3 is 19.9 Å². The summed E-state index contributed by atoms with van der Waals surface area (Å²) in [4.78, 5) is 4.95. The first-order valence-corrected chi connectivity index (χ1v) is 8.88. The summed E-state index contributed by atoms with van der Waals surface area (Å²) in [5.74, 6) is 0.841. The van der Waals surface area contributed by atoms with Crippen molar-refractivity contribution in [1.82, 2.24) is 4.90 Å². The molecule has 0 unspecified atom stereocenters. The molecular weight excluding hydrogens is 326 g/mol. The minimum atomic E-state index is 0.754. The summed E-state index contributed by atoms with van der Waals surface area (Å²) in [5.41, 5.74) is 0.976. The van der Waals surface area contributed by atoms with E-state index < -0.39 is 0 Å². The fourth-order valence-electron chi connectivity index (χ4n) is 2.08. The first kappa shape index (κ1) is 17.7. The lowest BCUT2D eigenvalue weighted by atomic mass is 10.3. The van der Waals surface area contributed by atoms with Gasteiger partial charge in [-0.2, -0.15) is 0 Å². The molecule has 2 rings (SSSR count). The molecule has 0 saturated heterocycles. The Morgan fingerprint density at radius 3 is 2.57 bits per heavy atom. The molecule has 0 aliphatic rings. The predicted octanol–water partition coefficient (Wildman–Crippen LogP) is 2.10. The van der Waals surface area contributed by atoms with E-state index in [1.165, 1.54) is 9.78 Å². The fraction of sp³-hybridized carbons (Fsp3) is 0.353. The van der Waals surface area contributed by atoms with Gasteiger partial charge in [0.1, 0.15) is 5.75 Å². The summed E-state index contributed by atoms with van der Waals surface area (Å²) in [5, 5.41) is 6.18. The van der Waals surface area contributed by atoms with Gasteiger partial charge in [0.05, 0.1) is 40.8 Å². The number of anilines is 1. The van der Waals surface area contributed by atoms with Crippen LogP contribution >= 0.6 is 23.6 Å². The van der Waals surface area contributed by atoms with Crippen LogP contribution in [0.1, 0.15) is 4.88 Å². The molecule has 2 N–H and O–H groups in total. The van der Waals surface area contributed by atoms with E-state index >= 15 is 0 Å². The van der Waals surface area contributed by atoms with Crippen LogP contribution in [0.3, 0.4) is 0 Å². The van der Waals surface area contributed by atoms with Crippen molar-refractivity contribution in [1.29, 1.82) is 0 Å². The summed E-state index contributed by atoms with van der Waals surface area (Å²) in [6, 6.07) is 12.0. The lowest BCUT2D eigenvalue weighted by molar-refractivity contribution is -0.857. The number of likely N-dealkylation sites (N-methyl/N-ethyl adjacent to an activating group) is 1. The number of methoxy groups -OCH3 is 1. The van der Waals surface area contributed by atoms with E-state index in [0.29, 0.717) is 0 Å². The standard InChI is InChI=1S/C17H23N3OS2/c1-19(2)10-11-20(13-16-5-4-12-23-16)17(22)18-14-6-8-15(21-3)9-7-14/h4-9,12H,10-11,13H2,1-3H3,(H,18,22)/p+1. The van der Waals surface area contributed by atoms with Gasteiger partial charge in [-0.05, 0) is 47.9 Å². The highest BCUT2D eigenvalue weighted by molar-refractivity contribution is 7.80. The second kappa shape index (κ2) is 8.86. The second-order valence-corrected chi connectivity index (χ2v) is 7.04. The largest absolute Gasteiger partial charge is 0.497 e. The number of hydrogen-bond donors (Lipinski definition) is 2. The van der Waals surface area contributed by atoms with Crippen molar-refractivity contribution in [3.05, 3.63) is 46.7 Å². The molecule has 0 radical (unpaired) electrons. The fourth-order valence-corrected chi connectivity index (χ4v) is 3.07. The first-order chi connectivity index (χ1) is 11.1. The number of nitrogens with one attached hydrogen (secondary N) is 2. The van der Waals surface area contributed by atoms with E-state index in [1.54, 1.807) is 18.4 Å². The predicted molar refractivity (Wildman–Crippen MR) is 102 cm³/mol. The van der Waals surface area contributed by atoms with Crippen molar-refractivity contribution in [2.45, 2.75) is 6.54 Å². The molecule has 2 aromatic rings. The highest BCUT2D eigenvalue weighted by Crippen LogP contribution is 2.17. The Morgan fingerprint density at radius 2 is 2.00 bits per heavy atom. The third-order valence-electron chi connectivity index (χ3n) is 3.44. The van der Waals surface area contributed by atoms with Gasteiger partial charge in [0.15, 0.2) is 5.11 Å². The molecule has 0 saturated carbocycles. The third kappa shape index (κ3) is 5.82. The van der Waals surface area contributed by atoms with E-state index in [2.05, 4.69) is 41.8 Å². The van der Waals surface area contributed by atoms with Gasteiger partial charge in [-0.15, -0.1) is 11.3 Å². The van der Waals surface area contributed by atoms with E-state index in [1.807, 2.05) is 24.3 Å². The average Bonchev–Trinajstić information content (AvgIpc) is 3.05. The van der Waals surface area contributed by atoms with Crippen LogP contribution in [0.5, 0.6) is 5.75 Å². The van der Waals surface area contributed by atoms with Gasteiger partial charge in [0, 0.05) is 10.6 Å². The zero-order valence-electron chi connectivity index (χ0n) is 13.8. The molecule has 23 heavy (non-hydrogen) atoms. The highest BCUT2D eigenvalue weighted by Gasteiger charge is 2.13. The number of rotatable bonds is 7.